The molecule has 0 bridgehead atoms. The van der Waals surface area contributed by atoms with Crippen molar-refractivity contribution in [2.24, 2.45) is 5.10 Å². The highest BCUT2D eigenvalue weighted by Crippen LogP contribution is 2.30. The van der Waals surface area contributed by atoms with E-state index in [1.807, 2.05) is 30.3 Å². The molecule has 45 heavy (non-hydrogen) atoms. The van der Waals surface area contributed by atoms with Crippen LogP contribution in [0, 0.1) is 5.82 Å². The summed E-state index contributed by atoms with van der Waals surface area (Å²) in [4.78, 5) is 31.2. The molecular weight excluding hydrogens is 595 g/mol. The molecule has 0 aliphatic heterocycles. The summed E-state index contributed by atoms with van der Waals surface area (Å²) in [6.07, 6.45) is 1.49. The first-order valence-corrected chi connectivity index (χ1v) is 14.3. The number of halogens is 2. The molecule has 2 heterocycles. The van der Waals surface area contributed by atoms with Crippen LogP contribution in [0.4, 0.5) is 10.1 Å². The van der Waals surface area contributed by atoms with E-state index in [4.69, 9.17) is 25.7 Å². The van der Waals surface area contributed by atoms with Crippen molar-refractivity contribution in [3.05, 3.63) is 136 Å². The molecule has 5 aromatic carbocycles. The summed E-state index contributed by atoms with van der Waals surface area (Å²) >= 11 is 6.19. The molecule has 0 saturated carbocycles. The van der Waals surface area contributed by atoms with Crippen LogP contribution < -0.4 is 15.6 Å². The molecule has 1 amide bonds. The van der Waals surface area contributed by atoms with Crippen LogP contribution in [0.2, 0.25) is 5.02 Å². The lowest BCUT2D eigenvalue weighted by molar-refractivity contribution is -0.118. The summed E-state index contributed by atoms with van der Waals surface area (Å²) in [7, 11) is 0. The van der Waals surface area contributed by atoms with Crippen LogP contribution >= 0.6 is 11.6 Å². The number of nitrogens with one attached hydrogen (secondary N) is 1. The van der Waals surface area contributed by atoms with Crippen LogP contribution in [0.25, 0.3) is 44.2 Å². The molecule has 0 saturated heterocycles. The highest BCUT2D eigenvalue weighted by molar-refractivity contribution is 6.31. The maximum atomic E-state index is 14.1. The van der Waals surface area contributed by atoms with Crippen molar-refractivity contribution in [2.45, 2.75) is 0 Å². The molecule has 0 radical (unpaired) electrons. The van der Waals surface area contributed by atoms with Crippen molar-refractivity contribution in [1.82, 2.24) is 9.66 Å². The minimum atomic E-state index is -0.554. The second-order valence-electron chi connectivity index (χ2n) is 10.1. The molecule has 0 atom stereocenters. The molecule has 7 aromatic rings. The number of carbonyl (C=O) groups excluding carboxylic acids is 1. The number of amides is 1. The van der Waals surface area contributed by atoms with Crippen molar-refractivity contribution >= 4 is 62.1 Å². The molecule has 7 rings (SSSR count). The van der Waals surface area contributed by atoms with Crippen LogP contribution in [-0.2, 0) is 4.79 Å². The molecule has 10 heteroatoms. The predicted molar refractivity (Wildman–Crippen MR) is 174 cm³/mol. The normalized spacial score (nSPS) is 11.5. The standard InChI is InChI=1S/C35H22ClFN4O4/c36-23-14-16-30-22(17-23)18-32(45-30)34-40-28-11-5-3-9-25(28)35(43)41(34)38-19-26-24-8-2-1-7-21(24)13-15-31(26)44-20-33(42)39-29-12-6-4-10-27(29)37/h1-19H,20H2,(H,39,42). The number of hydrogen-bond acceptors (Lipinski definition) is 6. The number of rotatable bonds is 7. The summed E-state index contributed by atoms with van der Waals surface area (Å²) in [5.41, 5.74) is 1.23. The average molecular weight is 617 g/mol. The van der Waals surface area contributed by atoms with E-state index in [1.165, 1.54) is 29.1 Å². The first-order chi connectivity index (χ1) is 21.9. The number of benzene rings is 5. The molecule has 0 fully saturated rings. The number of furan rings is 1. The minimum absolute atomic E-state index is 0.0509. The third-order valence-corrected chi connectivity index (χ3v) is 7.43. The van der Waals surface area contributed by atoms with Gasteiger partial charge in [-0.3, -0.25) is 9.59 Å². The Morgan fingerprint density at radius 1 is 0.933 bits per heavy atom. The second kappa shape index (κ2) is 11.7. The quantitative estimate of drug-likeness (QED) is 0.185. The molecule has 0 aliphatic carbocycles. The highest BCUT2D eigenvalue weighted by atomic mass is 35.5. The predicted octanol–water partition coefficient (Wildman–Crippen LogP) is 7.66. The lowest BCUT2D eigenvalue weighted by atomic mass is 10.0. The number of nitrogens with zero attached hydrogens (tertiary/aromatic N) is 3. The Balaban J connectivity index is 1.31. The summed E-state index contributed by atoms with van der Waals surface area (Å²) in [6.45, 7) is -0.391. The van der Waals surface area contributed by atoms with E-state index in [2.05, 4.69) is 10.4 Å². The summed E-state index contributed by atoms with van der Waals surface area (Å²) in [5, 5.41) is 10.4. The van der Waals surface area contributed by atoms with E-state index in [9.17, 15) is 14.0 Å². The van der Waals surface area contributed by atoms with Crippen LogP contribution in [-0.4, -0.2) is 28.4 Å². The van der Waals surface area contributed by atoms with Gasteiger partial charge in [0.25, 0.3) is 11.5 Å². The number of carbonyl (C=O) groups is 1. The van der Waals surface area contributed by atoms with E-state index in [0.29, 0.717) is 38.6 Å². The topological polar surface area (TPSA) is 98.7 Å². The van der Waals surface area contributed by atoms with E-state index >= 15 is 0 Å². The molecule has 1 N–H and O–H groups in total. The van der Waals surface area contributed by atoms with Crippen molar-refractivity contribution in [3.63, 3.8) is 0 Å². The third-order valence-electron chi connectivity index (χ3n) is 7.19. The maximum Gasteiger partial charge on any atom is 0.282 e. The van der Waals surface area contributed by atoms with Gasteiger partial charge in [0.05, 0.1) is 22.8 Å². The zero-order chi connectivity index (χ0) is 30.9. The summed E-state index contributed by atoms with van der Waals surface area (Å²) < 4.78 is 27.2. The Hall–Kier alpha value is -5.80. The molecule has 2 aromatic heterocycles. The van der Waals surface area contributed by atoms with Gasteiger partial charge in [-0.15, -0.1) is 0 Å². The monoisotopic (exact) mass is 616 g/mol. The van der Waals surface area contributed by atoms with Gasteiger partial charge in [-0.25, -0.2) is 9.37 Å². The highest BCUT2D eigenvalue weighted by Gasteiger charge is 2.18. The summed E-state index contributed by atoms with van der Waals surface area (Å²) in [5.74, 6) is -0.246. The number of aromatic nitrogens is 2. The fourth-order valence-corrected chi connectivity index (χ4v) is 5.24. The number of ether oxygens (including phenoxy) is 1. The van der Waals surface area contributed by atoms with Gasteiger partial charge < -0.3 is 14.5 Å². The average Bonchev–Trinajstić information content (AvgIpc) is 3.47. The Bertz CT molecular complexity index is 2350. The van der Waals surface area contributed by atoms with E-state index in [-0.39, 0.29) is 11.5 Å². The van der Waals surface area contributed by atoms with E-state index in [1.54, 1.807) is 60.7 Å². The lowest BCUT2D eigenvalue weighted by Gasteiger charge is -2.13. The van der Waals surface area contributed by atoms with Crippen molar-refractivity contribution in [2.75, 3.05) is 11.9 Å². The van der Waals surface area contributed by atoms with Gasteiger partial charge in [-0.2, -0.15) is 9.78 Å². The number of fused-ring (bicyclic) bond motifs is 3. The van der Waals surface area contributed by atoms with E-state index in [0.717, 1.165) is 16.2 Å². The Morgan fingerprint density at radius 2 is 1.71 bits per heavy atom. The minimum Gasteiger partial charge on any atom is -0.483 e. The lowest BCUT2D eigenvalue weighted by Crippen LogP contribution is -2.21. The van der Waals surface area contributed by atoms with Crippen molar-refractivity contribution in [3.8, 4) is 17.3 Å². The van der Waals surface area contributed by atoms with Crippen LogP contribution in [0.5, 0.6) is 5.75 Å². The van der Waals surface area contributed by atoms with Gasteiger partial charge in [0, 0.05) is 16.0 Å². The van der Waals surface area contributed by atoms with Gasteiger partial charge >= 0.3 is 0 Å². The Kier molecular flexibility index (Phi) is 7.28. The number of anilines is 1. The zero-order valence-electron chi connectivity index (χ0n) is 23.4. The molecule has 220 valence electrons. The summed E-state index contributed by atoms with van der Waals surface area (Å²) in [6, 6.07) is 31.0. The van der Waals surface area contributed by atoms with Gasteiger partial charge in [0.1, 0.15) is 17.1 Å². The molecular formula is C35H22ClFN4O4. The Morgan fingerprint density at radius 3 is 2.58 bits per heavy atom. The molecule has 8 nitrogen and oxygen atoms in total. The largest absolute Gasteiger partial charge is 0.483 e. The molecule has 0 aliphatic rings. The van der Waals surface area contributed by atoms with Crippen LogP contribution in [0.3, 0.4) is 0 Å². The Labute approximate surface area is 260 Å². The van der Waals surface area contributed by atoms with E-state index < -0.39 is 23.9 Å². The molecule has 0 unspecified atom stereocenters. The van der Waals surface area contributed by atoms with Gasteiger partial charge in [0.2, 0.25) is 5.82 Å². The van der Waals surface area contributed by atoms with Gasteiger partial charge in [-0.05, 0) is 65.4 Å². The first kappa shape index (κ1) is 28.0. The number of para-hydroxylation sites is 2. The van der Waals surface area contributed by atoms with Crippen LogP contribution in [0.15, 0.2) is 124 Å². The second-order valence-corrected chi connectivity index (χ2v) is 10.6. The third kappa shape index (κ3) is 5.52. The van der Waals surface area contributed by atoms with Crippen molar-refractivity contribution < 1.29 is 18.3 Å². The zero-order valence-corrected chi connectivity index (χ0v) is 24.2. The SMILES string of the molecule is O=C(COc1ccc2ccccc2c1C=Nn1c(-c2cc3cc(Cl)ccc3o2)nc2ccccc2c1=O)Nc1ccccc1F. The maximum absolute atomic E-state index is 14.1. The first-order valence-electron chi connectivity index (χ1n) is 13.9. The van der Waals surface area contributed by atoms with Gasteiger partial charge in [0.15, 0.2) is 12.4 Å². The number of hydrogen-bond donors (Lipinski definition) is 1. The van der Waals surface area contributed by atoms with Crippen LogP contribution in [0.1, 0.15) is 5.56 Å². The smallest absolute Gasteiger partial charge is 0.282 e. The molecule has 0 spiro atoms. The van der Waals surface area contributed by atoms with Gasteiger partial charge in [-0.1, -0.05) is 66.2 Å². The fourth-order valence-electron chi connectivity index (χ4n) is 5.06. The van der Waals surface area contributed by atoms with Crippen molar-refractivity contribution in [1.29, 1.82) is 0 Å². The fraction of sp³-hybridized carbons (Fsp3) is 0.0286.